The van der Waals surface area contributed by atoms with Crippen LogP contribution in [0.5, 0.6) is 0 Å². The molecule has 2 fully saturated rings. The molecule has 1 saturated heterocycles. The lowest BCUT2D eigenvalue weighted by atomic mass is 9.63. The monoisotopic (exact) mass is 263 g/mol. The number of nitrogens with zero attached hydrogens (tertiary/aromatic N) is 1. The molecule has 1 aliphatic heterocycles. The van der Waals surface area contributed by atoms with Gasteiger partial charge < -0.3 is 4.90 Å². The number of amides is 1. The first-order valence-corrected chi connectivity index (χ1v) is 7.93. The molecule has 1 amide bonds. The maximum Gasteiger partial charge on any atom is 0.225 e. The van der Waals surface area contributed by atoms with E-state index in [1.165, 1.54) is 0 Å². The van der Waals surface area contributed by atoms with Crippen LogP contribution in [0.3, 0.4) is 0 Å². The predicted molar refractivity (Wildman–Crippen MR) is 82.3 cm³/mol. The Labute approximate surface area is 120 Å². The molecule has 0 spiro atoms. The van der Waals surface area contributed by atoms with Gasteiger partial charge in [0, 0.05) is 19.5 Å². The summed E-state index contributed by atoms with van der Waals surface area (Å²) in [5.41, 5.74) is 0. The molecule has 4 unspecified atom stereocenters. The molecule has 0 aromatic carbocycles. The van der Waals surface area contributed by atoms with Gasteiger partial charge in [0.05, 0.1) is 7.85 Å². The molecule has 2 aliphatic rings. The molecule has 0 aromatic heterocycles. The highest BCUT2D eigenvalue weighted by molar-refractivity contribution is 6.14. The van der Waals surface area contributed by atoms with Crippen molar-refractivity contribution in [3.63, 3.8) is 0 Å². The number of hydrogen-bond acceptors (Lipinski definition) is 1. The van der Waals surface area contributed by atoms with Crippen LogP contribution < -0.4 is 0 Å². The van der Waals surface area contributed by atoms with Gasteiger partial charge >= 0.3 is 0 Å². The molecule has 0 bridgehead atoms. The molecule has 2 radical (unpaired) electrons. The first-order valence-electron chi connectivity index (χ1n) is 7.93. The van der Waals surface area contributed by atoms with Crippen molar-refractivity contribution in [2.24, 2.45) is 17.8 Å². The summed E-state index contributed by atoms with van der Waals surface area (Å²) in [6, 6.07) is 0. The van der Waals surface area contributed by atoms with Crippen LogP contribution in [0.25, 0.3) is 0 Å². The Bertz CT molecular complexity index is 303. The molecule has 1 heterocycles. The van der Waals surface area contributed by atoms with Gasteiger partial charge in [0.1, 0.15) is 0 Å². The summed E-state index contributed by atoms with van der Waals surface area (Å²) < 4.78 is 0. The zero-order chi connectivity index (χ0) is 14.6. The maximum absolute atomic E-state index is 12.4. The van der Waals surface area contributed by atoms with E-state index in [1.807, 2.05) is 25.8 Å². The second-order valence-electron chi connectivity index (χ2n) is 6.68. The van der Waals surface area contributed by atoms with Crippen molar-refractivity contribution in [1.82, 2.24) is 4.90 Å². The second kappa shape index (κ2) is 6.81. The summed E-state index contributed by atoms with van der Waals surface area (Å²) in [5.74, 6) is 1.69. The second-order valence-corrected chi connectivity index (χ2v) is 6.68. The standard InChI is InChI=1S/C14H24BNO.C2H6/c1-10-7-11-8-14(2,15)6-4-5-12(11)13(17)16(3)9-10;1-2/h10-12H,4-9H2,1-3H3;1-2H3. The normalized spacial score (nSPS) is 39.5. The third-order valence-electron chi connectivity index (χ3n) is 4.54. The van der Waals surface area contributed by atoms with Crippen LogP contribution in [0.1, 0.15) is 59.8 Å². The van der Waals surface area contributed by atoms with Gasteiger partial charge in [-0.15, -0.1) is 0 Å². The zero-order valence-electron chi connectivity index (χ0n) is 13.4. The summed E-state index contributed by atoms with van der Waals surface area (Å²) in [5, 5.41) is -0.0671. The average Bonchev–Trinajstić information content (AvgIpc) is 2.53. The van der Waals surface area contributed by atoms with Gasteiger partial charge in [-0.2, -0.15) is 0 Å². The van der Waals surface area contributed by atoms with Crippen LogP contribution in [0.4, 0.5) is 0 Å². The first kappa shape index (κ1) is 16.6. The zero-order valence-corrected chi connectivity index (χ0v) is 13.4. The quantitative estimate of drug-likeness (QED) is 0.611. The minimum Gasteiger partial charge on any atom is -0.345 e. The highest BCUT2D eigenvalue weighted by Gasteiger charge is 2.39. The molecule has 0 aromatic rings. The third kappa shape index (κ3) is 4.26. The number of rotatable bonds is 0. The van der Waals surface area contributed by atoms with E-state index in [2.05, 4.69) is 13.8 Å². The molecule has 4 atom stereocenters. The number of carbonyl (C=O) groups is 1. The fourth-order valence-electron chi connectivity index (χ4n) is 3.81. The van der Waals surface area contributed by atoms with Gasteiger partial charge in [0.25, 0.3) is 0 Å². The van der Waals surface area contributed by atoms with Crippen LogP contribution in [0.15, 0.2) is 0 Å². The molecule has 0 N–H and O–H groups in total. The van der Waals surface area contributed by atoms with Crippen LogP contribution in [0.2, 0.25) is 5.31 Å². The first-order chi connectivity index (χ1) is 8.89. The van der Waals surface area contributed by atoms with Crippen molar-refractivity contribution in [1.29, 1.82) is 0 Å². The lowest BCUT2D eigenvalue weighted by Gasteiger charge is -2.29. The summed E-state index contributed by atoms with van der Waals surface area (Å²) >= 11 is 0. The lowest BCUT2D eigenvalue weighted by molar-refractivity contribution is -0.135. The van der Waals surface area contributed by atoms with Gasteiger partial charge in [0.2, 0.25) is 5.91 Å². The Balaban J connectivity index is 0.000000861. The molecule has 108 valence electrons. The third-order valence-corrected chi connectivity index (χ3v) is 4.54. The number of hydrogen-bond donors (Lipinski definition) is 0. The van der Waals surface area contributed by atoms with Gasteiger partial charge in [-0.1, -0.05) is 52.3 Å². The molecular weight excluding hydrogens is 233 g/mol. The van der Waals surface area contributed by atoms with Crippen LogP contribution in [-0.2, 0) is 4.79 Å². The van der Waals surface area contributed by atoms with Crippen molar-refractivity contribution < 1.29 is 4.79 Å². The summed E-state index contributed by atoms with van der Waals surface area (Å²) in [6.07, 6.45) is 5.37. The van der Waals surface area contributed by atoms with Crippen molar-refractivity contribution in [3.8, 4) is 0 Å². The van der Waals surface area contributed by atoms with E-state index in [0.717, 1.165) is 38.6 Å². The van der Waals surface area contributed by atoms with Crippen LogP contribution in [-0.4, -0.2) is 32.2 Å². The van der Waals surface area contributed by atoms with E-state index in [9.17, 15) is 4.79 Å². The molecular formula is C16H30BNO. The smallest absolute Gasteiger partial charge is 0.225 e. The van der Waals surface area contributed by atoms with E-state index in [1.54, 1.807) is 0 Å². The number of carbonyl (C=O) groups excluding carboxylic acids is 1. The van der Waals surface area contributed by atoms with E-state index >= 15 is 0 Å². The van der Waals surface area contributed by atoms with Crippen molar-refractivity contribution in [2.75, 3.05) is 13.6 Å². The molecule has 1 aliphatic carbocycles. The summed E-state index contributed by atoms with van der Waals surface area (Å²) in [7, 11) is 8.29. The highest BCUT2D eigenvalue weighted by atomic mass is 16.2. The SMILES string of the molecule is CC.[B]C1(C)CCCC2C(=O)N(C)CC(C)CC2C1. The van der Waals surface area contributed by atoms with E-state index in [-0.39, 0.29) is 11.2 Å². The average molecular weight is 263 g/mol. The Morgan fingerprint density at radius 1 is 1.37 bits per heavy atom. The minimum atomic E-state index is -0.0671. The summed E-state index contributed by atoms with van der Waals surface area (Å²) in [4.78, 5) is 14.3. The van der Waals surface area contributed by atoms with Crippen molar-refractivity contribution in [3.05, 3.63) is 0 Å². The topological polar surface area (TPSA) is 20.3 Å². The Kier molecular flexibility index (Phi) is 5.94. The Hall–Kier alpha value is -0.465. The summed E-state index contributed by atoms with van der Waals surface area (Å²) in [6.45, 7) is 9.32. The van der Waals surface area contributed by atoms with Gasteiger partial charge in [0.15, 0.2) is 0 Å². The molecule has 2 rings (SSSR count). The largest absolute Gasteiger partial charge is 0.345 e. The Morgan fingerprint density at radius 2 is 2.00 bits per heavy atom. The van der Waals surface area contributed by atoms with E-state index < -0.39 is 0 Å². The maximum atomic E-state index is 12.4. The van der Waals surface area contributed by atoms with Gasteiger partial charge in [-0.25, -0.2) is 0 Å². The van der Waals surface area contributed by atoms with Gasteiger partial charge in [-0.3, -0.25) is 4.79 Å². The number of likely N-dealkylation sites (tertiary alicyclic amines) is 1. The minimum absolute atomic E-state index is 0.0671. The highest BCUT2D eigenvalue weighted by Crippen LogP contribution is 2.46. The Morgan fingerprint density at radius 3 is 2.63 bits per heavy atom. The van der Waals surface area contributed by atoms with Crippen molar-refractivity contribution in [2.45, 2.75) is 65.1 Å². The fourth-order valence-corrected chi connectivity index (χ4v) is 3.81. The molecule has 19 heavy (non-hydrogen) atoms. The number of fused-ring (bicyclic) bond motifs is 1. The predicted octanol–water partition coefficient (Wildman–Crippen LogP) is 3.66. The van der Waals surface area contributed by atoms with Crippen molar-refractivity contribution >= 4 is 13.8 Å². The molecule has 1 saturated carbocycles. The van der Waals surface area contributed by atoms with Crippen LogP contribution in [0, 0.1) is 17.8 Å². The van der Waals surface area contributed by atoms with E-state index in [4.69, 9.17) is 7.85 Å². The molecule has 3 heteroatoms. The van der Waals surface area contributed by atoms with E-state index in [0.29, 0.717) is 17.7 Å². The van der Waals surface area contributed by atoms with Gasteiger partial charge in [-0.05, 0) is 24.7 Å². The van der Waals surface area contributed by atoms with Crippen LogP contribution >= 0.6 is 0 Å². The molecule has 2 nitrogen and oxygen atoms in total. The fraction of sp³-hybridized carbons (Fsp3) is 0.938. The lowest BCUT2D eigenvalue weighted by Crippen LogP contribution is -2.34.